The lowest BCUT2D eigenvalue weighted by atomic mass is 10.2. The first-order valence-electron chi connectivity index (χ1n) is 4.52. The molecule has 0 saturated heterocycles. The molecule has 0 bridgehead atoms. The lowest BCUT2D eigenvalue weighted by molar-refractivity contribution is 0.100. The highest BCUT2D eigenvalue weighted by Crippen LogP contribution is 2.19. The summed E-state index contributed by atoms with van der Waals surface area (Å²) in [6.45, 7) is 0. The number of imidazole rings is 1. The molecule has 0 atom stereocenters. The van der Waals surface area contributed by atoms with Crippen LogP contribution in [-0.4, -0.2) is 20.5 Å². The summed E-state index contributed by atoms with van der Waals surface area (Å²) in [6, 6.07) is 7.15. The average Bonchev–Trinajstić information content (AvgIpc) is 2.75. The van der Waals surface area contributed by atoms with Crippen LogP contribution >= 0.6 is 0 Å². The minimum absolute atomic E-state index is 0.447. The van der Waals surface area contributed by atoms with E-state index in [4.69, 9.17) is 5.73 Å². The topological polar surface area (TPSA) is 76.2 Å². The van der Waals surface area contributed by atoms with Gasteiger partial charge < -0.3 is 5.73 Å². The summed E-state index contributed by atoms with van der Waals surface area (Å²) in [6.07, 6.45) is 1.76. The summed E-state index contributed by atoms with van der Waals surface area (Å²) < 4.78 is 1.75. The Kier molecular flexibility index (Phi) is 1.39. The number of rotatable bonds is 1. The zero-order chi connectivity index (χ0) is 10.4. The summed E-state index contributed by atoms with van der Waals surface area (Å²) in [5.41, 5.74) is 8.04. The molecular weight excluding hydrogens is 192 g/mol. The molecule has 0 spiro atoms. The van der Waals surface area contributed by atoms with Crippen molar-refractivity contribution < 1.29 is 4.79 Å². The molecule has 2 heterocycles. The quantitative estimate of drug-likeness (QED) is 0.612. The number of amides is 1. The number of carbonyl (C=O) groups excluding carboxylic acids is 1. The highest BCUT2D eigenvalue weighted by atomic mass is 16.1. The molecule has 0 aliphatic carbocycles. The molecule has 0 fully saturated rings. The Bertz CT molecular complexity index is 664. The lowest BCUT2D eigenvalue weighted by Crippen LogP contribution is -2.12. The summed E-state index contributed by atoms with van der Waals surface area (Å²) in [4.78, 5) is 15.6. The van der Waals surface area contributed by atoms with E-state index in [2.05, 4.69) is 10.1 Å². The molecule has 1 amide bonds. The van der Waals surface area contributed by atoms with Crippen LogP contribution in [0.1, 0.15) is 10.4 Å². The number of fused-ring (bicyclic) bond motifs is 3. The van der Waals surface area contributed by atoms with Gasteiger partial charge >= 0.3 is 0 Å². The van der Waals surface area contributed by atoms with Gasteiger partial charge in [-0.3, -0.25) is 9.89 Å². The fourth-order valence-electron chi connectivity index (χ4n) is 1.77. The average molecular weight is 200 g/mol. The first-order chi connectivity index (χ1) is 7.27. The predicted octanol–water partition coefficient (Wildman–Crippen LogP) is 0.914. The van der Waals surface area contributed by atoms with Gasteiger partial charge in [-0.15, -0.1) is 0 Å². The zero-order valence-electron chi connectivity index (χ0n) is 7.77. The van der Waals surface area contributed by atoms with Gasteiger partial charge in [0.25, 0.3) is 5.91 Å². The Morgan fingerprint density at radius 1 is 1.40 bits per heavy atom. The Morgan fingerprint density at radius 2 is 2.27 bits per heavy atom. The monoisotopic (exact) mass is 200 g/mol. The zero-order valence-corrected chi connectivity index (χ0v) is 7.77. The number of para-hydroxylation sites is 1. The van der Waals surface area contributed by atoms with E-state index in [9.17, 15) is 4.79 Å². The third kappa shape index (κ3) is 0.969. The number of nitrogens with zero attached hydrogens (tertiary/aromatic N) is 2. The van der Waals surface area contributed by atoms with E-state index in [-0.39, 0.29) is 0 Å². The lowest BCUT2D eigenvalue weighted by Gasteiger charge is -1.97. The molecule has 3 rings (SSSR count). The van der Waals surface area contributed by atoms with Crippen molar-refractivity contribution in [2.45, 2.75) is 0 Å². The molecule has 74 valence electrons. The first kappa shape index (κ1) is 8.05. The minimum atomic E-state index is -0.447. The van der Waals surface area contributed by atoms with Gasteiger partial charge in [-0.05, 0) is 12.1 Å². The van der Waals surface area contributed by atoms with Crippen molar-refractivity contribution in [1.29, 1.82) is 0 Å². The maximum atomic E-state index is 11.2. The number of hydrogen-bond donors (Lipinski definition) is 2. The standard InChI is InChI=1S/C10H8N4O/c11-10(15)6-2-1-3-7-9(6)14-8(13-7)4-5-12-14/h1-5,12H,(H2,11,15). The number of carbonyl (C=O) groups is 1. The number of aromatic nitrogens is 3. The highest BCUT2D eigenvalue weighted by molar-refractivity contribution is 6.04. The summed E-state index contributed by atoms with van der Waals surface area (Å²) >= 11 is 0. The molecule has 0 aliphatic rings. The number of aromatic amines is 1. The van der Waals surface area contributed by atoms with Crippen LogP contribution in [0.3, 0.4) is 0 Å². The van der Waals surface area contributed by atoms with E-state index in [0.717, 1.165) is 16.7 Å². The Balaban J connectivity index is 2.58. The van der Waals surface area contributed by atoms with Crippen LogP contribution in [0, 0.1) is 0 Å². The van der Waals surface area contributed by atoms with Crippen molar-refractivity contribution in [2.24, 2.45) is 5.73 Å². The van der Waals surface area contributed by atoms with Gasteiger partial charge in [-0.2, -0.15) is 0 Å². The maximum Gasteiger partial charge on any atom is 0.250 e. The van der Waals surface area contributed by atoms with Crippen molar-refractivity contribution in [2.75, 3.05) is 0 Å². The van der Waals surface area contributed by atoms with Crippen molar-refractivity contribution in [3.8, 4) is 0 Å². The van der Waals surface area contributed by atoms with Gasteiger partial charge in [0.05, 0.1) is 11.1 Å². The van der Waals surface area contributed by atoms with Crippen molar-refractivity contribution in [1.82, 2.24) is 14.6 Å². The summed E-state index contributed by atoms with van der Waals surface area (Å²) in [5, 5.41) is 2.98. The molecule has 5 nitrogen and oxygen atoms in total. The van der Waals surface area contributed by atoms with Crippen LogP contribution in [0.5, 0.6) is 0 Å². The second kappa shape index (κ2) is 2.60. The molecule has 0 radical (unpaired) electrons. The maximum absolute atomic E-state index is 11.2. The molecule has 3 aromatic rings. The molecule has 15 heavy (non-hydrogen) atoms. The van der Waals surface area contributed by atoms with Gasteiger partial charge in [0.2, 0.25) is 0 Å². The molecular formula is C10H8N4O. The van der Waals surface area contributed by atoms with Gasteiger partial charge in [-0.1, -0.05) is 6.07 Å². The van der Waals surface area contributed by atoms with Crippen molar-refractivity contribution >= 4 is 22.6 Å². The number of hydrogen-bond acceptors (Lipinski definition) is 2. The normalized spacial score (nSPS) is 11.2. The van der Waals surface area contributed by atoms with E-state index >= 15 is 0 Å². The Morgan fingerprint density at radius 3 is 3.07 bits per heavy atom. The van der Waals surface area contributed by atoms with Gasteiger partial charge in [0, 0.05) is 12.3 Å². The van der Waals surface area contributed by atoms with Crippen LogP contribution in [0.4, 0.5) is 0 Å². The highest BCUT2D eigenvalue weighted by Gasteiger charge is 2.12. The number of nitrogens with one attached hydrogen (secondary N) is 1. The molecule has 5 heteroatoms. The second-order valence-electron chi connectivity index (χ2n) is 3.31. The number of primary amides is 1. The van der Waals surface area contributed by atoms with Crippen LogP contribution in [0.25, 0.3) is 16.7 Å². The van der Waals surface area contributed by atoms with E-state index in [1.165, 1.54) is 0 Å². The third-order valence-electron chi connectivity index (χ3n) is 2.40. The van der Waals surface area contributed by atoms with Crippen LogP contribution in [-0.2, 0) is 0 Å². The van der Waals surface area contributed by atoms with Crippen molar-refractivity contribution in [3.05, 3.63) is 36.0 Å². The number of H-pyrrole nitrogens is 1. The SMILES string of the molecule is NC(=O)c1cccc2nc3cc[nH]n3c12. The van der Waals surface area contributed by atoms with E-state index in [0.29, 0.717) is 5.56 Å². The molecule has 3 N–H and O–H groups in total. The fourth-order valence-corrected chi connectivity index (χ4v) is 1.77. The van der Waals surface area contributed by atoms with E-state index in [1.807, 2.05) is 12.1 Å². The smallest absolute Gasteiger partial charge is 0.250 e. The van der Waals surface area contributed by atoms with Crippen LogP contribution in [0.15, 0.2) is 30.5 Å². The molecule has 0 aliphatic heterocycles. The minimum Gasteiger partial charge on any atom is -0.366 e. The number of benzene rings is 1. The van der Waals surface area contributed by atoms with Crippen LogP contribution in [0.2, 0.25) is 0 Å². The van der Waals surface area contributed by atoms with E-state index < -0.39 is 5.91 Å². The van der Waals surface area contributed by atoms with Gasteiger partial charge in [-0.25, -0.2) is 9.50 Å². The van der Waals surface area contributed by atoms with Crippen LogP contribution < -0.4 is 5.73 Å². The van der Waals surface area contributed by atoms with Gasteiger partial charge in [0.1, 0.15) is 5.52 Å². The molecule has 1 aromatic carbocycles. The van der Waals surface area contributed by atoms with E-state index in [1.54, 1.807) is 22.8 Å². The Labute approximate surface area is 84.5 Å². The van der Waals surface area contributed by atoms with Crippen molar-refractivity contribution in [3.63, 3.8) is 0 Å². The summed E-state index contributed by atoms with van der Waals surface area (Å²) in [7, 11) is 0. The molecule has 0 saturated carbocycles. The third-order valence-corrected chi connectivity index (χ3v) is 2.40. The number of nitrogens with two attached hydrogens (primary N) is 1. The van der Waals surface area contributed by atoms with Gasteiger partial charge in [0.15, 0.2) is 5.65 Å². The first-order valence-corrected chi connectivity index (χ1v) is 4.52. The second-order valence-corrected chi connectivity index (χ2v) is 3.31. The largest absolute Gasteiger partial charge is 0.366 e. The Hall–Kier alpha value is -2.30. The fraction of sp³-hybridized carbons (Fsp3) is 0. The predicted molar refractivity (Wildman–Crippen MR) is 55.6 cm³/mol. The molecule has 2 aromatic heterocycles. The summed E-state index contributed by atoms with van der Waals surface area (Å²) in [5.74, 6) is -0.447. The molecule has 0 unspecified atom stereocenters.